The van der Waals surface area contributed by atoms with Crippen molar-refractivity contribution in [3.05, 3.63) is 50.0 Å². The van der Waals surface area contributed by atoms with E-state index in [0.717, 1.165) is 17.4 Å². The Morgan fingerprint density at radius 2 is 2.18 bits per heavy atom. The molecule has 3 N–H and O–H groups in total. The van der Waals surface area contributed by atoms with Crippen molar-refractivity contribution in [2.75, 3.05) is 5.32 Å². The highest BCUT2D eigenvalue weighted by Crippen LogP contribution is 2.24. The topological polar surface area (TPSA) is 128 Å². The number of rotatable bonds is 5. The second-order valence-corrected chi connectivity index (χ2v) is 5.43. The number of halogens is 1. The normalized spacial score (nSPS) is 10.2. The highest BCUT2D eigenvalue weighted by atomic mass is 35.5. The molecule has 2 aromatic rings. The van der Waals surface area contributed by atoms with Gasteiger partial charge in [0.25, 0.3) is 11.6 Å². The third-order valence-corrected chi connectivity index (χ3v) is 3.67. The summed E-state index contributed by atoms with van der Waals surface area (Å²) in [5.41, 5.74) is 5.19. The predicted molar refractivity (Wildman–Crippen MR) is 81.1 cm³/mol. The van der Waals surface area contributed by atoms with Crippen LogP contribution in [0.3, 0.4) is 0 Å². The molecule has 0 atom stereocenters. The van der Waals surface area contributed by atoms with Gasteiger partial charge in [-0.15, -0.1) is 11.3 Å². The maximum atomic E-state index is 12.1. The van der Waals surface area contributed by atoms with E-state index in [2.05, 4.69) is 10.3 Å². The Labute approximate surface area is 133 Å². The molecule has 0 saturated carbocycles. The van der Waals surface area contributed by atoms with Crippen molar-refractivity contribution in [3.8, 4) is 0 Å². The molecule has 2 amide bonds. The summed E-state index contributed by atoms with van der Waals surface area (Å²) in [5.74, 6) is -1.17. The summed E-state index contributed by atoms with van der Waals surface area (Å²) >= 11 is 6.98. The highest BCUT2D eigenvalue weighted by molar-refractivity contribution is 7.14. The standard InChI is InChI=1S/C12H9ClN4O4S/c13-9-2-1-7(17(20)21)4-8(9)11(19)16-12-15-6(5-22-12)3-10(14)18/h1-2,4-5H,3H2,(H2,14,18)(H,15,16,19). The molecule has 8 nitrogen and oxygen atoms in total. The van der Waals surface area contributed by atoms with Crippen LogP contribution in [0.4, 0.5) is 10.8 Å². The minimum Gasteiger partial charge on any atom is -0.369 e. The Bertz CT molecular complexity index is 761. The highest BCUT2D eigenvalue weighted by Gasteiger charge is 2.17. The first kappa shape index (κ1) is 15.9. The first-order valence-corrected chi connectivity index (χ1v) is 7.10. The summed E-state index contributed by atoms with van der Waals surface area (Å²) < 4.78 is 0. The average molecular weight is 341 g/mol. The Morgan fingerprint density at radius 3 is 2.82 bits per heavy atom. The minimum atomic E-state index is -0.631. The molecular weight excluding hydrogens is 332 g/mol. The van der Waals surface area contributed by atoms with Crippen LogP contribution in [-0.2, 0) is 11.2 Å². The molecule has 2 rings (SSSR count). The molecule has 0 bridgehead atoms. The van der Waals surface area contributed by atoms with E-state index in [4.69, 9.17) is 17.3 Å². The van der Waals surface area contributed by atoms with Gasteiger partial charge in [0, 0.05) is 17.5 Å². The van der Waals surface area contributed by atoms with E-state index < -0.39 is 16.7 Å². The van der Waals surface area contributed by atoms with Gasteiger partial charge in [-0.3, -0.25) is 25.0 Å². The first-order chi connectivity index (χ1) is 10.4. The largest absolute Gasteiger partial charge is 0.369 e. The number of amides is 2. The SMILES string of the molecule is NC(=O)Cc1csc(NC(=O)c2cc([N+](=O)[O-])ccc2Cl)n1. The van der Waals surface area contributed by atoms with E-state index in [1.807, 2.05) is 0 Å². The van der Waals surface area contributed by atoms with Gasteiger partial charge in [0.15, 0.2) is 5.13 Å². The number of thiazole rings is 1. The molecule has 0 fully saturated rings. The van der Waals surface area contributed by atoms with E-state index in [0.29, 0.717) is 5.69 Å². The molecule has 0 aliphatic rings. The smallest absolute Gasteiger partial charge is 0.270 e. The summed E-state index contributed by atoms with van der Waals surface area (Å²) in [6, 6.07) is 3.55. The molecule has 1 aromatic heterocycles. The first-order valence-electron chi connectivity index (χ1n) is 5.85. The Balaban J connectivity index is 2.18. The van der Waals surface area contributed by atoms with Crippen molar-refractivity contribution in [1.82, 2.24) is 4.98 Å². The summed E-state index contributed by atoms with van der Waals surface area (Å²) in [7, 11) is 0. The van der Waals surface area contributed by atoms with Gasteiger partial charge in [-0.05, 0) is 6.07 Å². The van der Waals surface area contributed by atoms with Gasteiger partial charge in [-0.1, -0.05) is 11.6 Å². The lowest BCUT2D eigenvalue weighted by molar-refractivity contribution is -0.384. The maximum absolute atomic E-state index is 12.1. The third kappa shape index (κ3) is 3.77. The zero-order chi connectivity index (χ0) is 16.3. The summed E-state index contributed by atoms with van der Waals surface area (Å²) in [5, 5.41) is 15.1. The summed E-state index contributed by atoms with van der Waals surface area (Å²) in [6.45, 7) is 0. The number of nitrogens with two attached hydrogens (primary N) is 1. The number of benzene rings is 1. The van der Waals surface area contributed by atoms with Crippen molar-refractivity contribution >= 4 is 45.6 Å². The van der Waals surface area contributed by atoms with Crippen LogP contribution < -0.4 is 11.1 Å². The number of nitro groups is 1. The quantitative estimate of drug-likeness (QED) is 0.635. The Kier molecular flexibility index (Phi) is 4.68. The van der Waals surface area contributed by atoms with E-state index in [1.54, 1.807) is 5.38 Å². The second kappa shape index (κ2) is 6.50. The van der Waals surface area contributed by atoms with Crippen molar-refractivity contribution in [1.29, 1.82) is 0 Å². The molecule has 0 aliphatic carbocycles. The number of anilines is 1. The molecule has 114 valence electrons. The van der Waals surface area contributed by atoms with Gasteiger partial charge < -0.3 is 5.73 Å². The zero-order valence-corrected chi connectivity index (χ0v) is 12.5. The lowest BCUT2D eigenvalue weighted by atomic mass is 10.2. The fraction of sp³-hybridized carbons (Fsp3) is 0.0833. The lowest BCUT2D eigenvalue weighted by Crippen LogP contribution is -2.15. The van der Waals surface area contributed by atoms with Crippen LogP contribution in [-0.4, -0.2) is 21.7 Å². The molecule has 0 radical (unpaired) electrons. The fourth-order valence-corrected chi connectivity index (χ4v) is 2.50. The molecule has 10 heteroatoms. The van der Waals surface area contributed by atoms with Gasteiger partial charge in [0.1, 0.15) is 0 Å². The molecule has 0 saturated heterocycles. The minimum absolute atomic E-state index is 0.0378. The molecular formula is C12H9ClN4O4S. The molecule has 0 spiro atoms. The monoisotopic (exact) mass is 340 g/mol. The van der Waals surface area contributed by atoms with Crippen LogP contribution in [0.5, 0.6) is 0 Å². The number of aromatic nitrogens is 1. The van der Waals surface area contributed by atoms with Gasteiger partial charge in [-0.2, -0.15) is 0 Å². The van der Waals surface area contributed by atoms with Gasteiger partial charge in [0.2, 0.25) is 5.91 Å². The second-order valence-electron chi connectivity index (χ2n) is 4.16. The molecule has 1 heterocycles. The third-order valence-electron chi connectivity index (χ3n) is 2.53. The lowest BCUT2D eigenvalue weighted by Gasteiger charge is -2.04. The van der Waals surface area contributed by atoms with Crippen LogP contribution in [0.2, 0.25) is 5.02 Å². The van der Waals surface area contributed by atoms with Crippen LogP contribution in [0.1, 0.15) is 16.1 Å². The van der Waals surface area contributed by atoms with E-state index in [-0.39, 0.29) is 27.8 Å². The Hall–Kier alpha value is -2.52. The zero-order valence-electron chi connectivity index (χ0n) is 10.9. The number of carbonyl (C=O) groups excluding carboxylic acids is 2. The number of nitrogens with one attached hydrogen (secondary N) is 1. The predicted octanol–water partition coefficient (Wildman–Crippen LogP) is 1.98. The van der Waals surface area contributed by atoms with E-state index in [9.17, 15) is 19.7 Å². The number of hydrogen-bond acceptors (Lipinski definition) is 6. The van der Waals surface area contributed by atoms with Crippen LogP contribution in [0.25, 0.3) is 0 Å². The summed E-state index contributed by atoms with van der Waals surface area (Å²) in [6.07, 6.45) is -0.0378. The van der Waals surface area contributed by atoms with Crippen LogP contribution >= 0.6 is 22.9 Å². The fourth-order valence-electron chi connectivity index (χ4n) is 1.59. The molecule has 22 heavy (non-hydrogen) atoms. The van der Waals surface area contributed by atoms with Gasteiger partial charge in [0.05, 0.1) is 27.6 Å². The number of non-ortho nitro benzene ring substituents is 1. The van der Waals surface area contributed by atoms with Crippen LogP contribution in [0.15, 0.2) is 23.6 Å². The molecule has 0 unspecified atom stereocenters. The van der Waals surface area contributed by atoms with E-state index in [1.165, 1.54) is 12.1 Å². The maximum Gasteiger partial charge on any atom is 0.270 e. The number of nitro benzene ring substituents is 1. The average Bonchev–Trinajstić information content (AvgIpc) is 2.85. The Morgan fingerprint density at radius 1 is 1.45 bits per heavy atom. The molecule has 1 aromatic carbocycles. The van der Waals surface area contributed by atoms with Crippen molar-refractivity contribution in [3.63, 3.8) is 0 Å². The van der Waals surface area contributed by atoms with Crippen molar-refractivity contribution < 1.29 is 14.5 Å². The number of hydrogen-bond donors (Lipinski definition) is 2. The van der Waals surface area contributed by atoms with Crippen molar-refractivity contribution in [2.24, 2.45) is 5.73 Å². The molecule has 0 aliphatic heterocycles. The number of primary amides is 1. The summed E-state index contributed by atoms with van der Waals surface area (Å²) in [4.78, 5) is 37.0. The number of nitrogens with zero attached hydrogens (tertiary/aromatic N) is 2. The van der Waals surface area contributed by atoms with E-state index >= 15 is 0 Å². The number of carbonyl (C=O) groups is 2. The van der Waals surface area contributed by atoms with Crippen LogP contribution in [0, 0.1) is 10.1 Å². The van der Waals surface area contributed by atoms with Crippen molar-refractivity contribution in [2.45, 2.75) is 6.42 Å². The van der Waals surface area contributed by atoms with Gasteiger partial charge >= 0.3 is 0 Å². The van der Waals surface area contributed by atoms with Gasteiger partial charge in [-0.25, -0.2) is 4.98 Å².